The molecule has 0 aliphatic heterocycles. The molecule has 0 radical (unpaired) electrons. The van der Waals surface area contributed by atoms with Gasteiger partial charge in [0.2, 0.25) is 0 Å². The first-order valence-corrected chi connectivity index (χ1v) is 10.4. The van der Waals surface area contributed by atoms with Crippen molar-refractivity contribution in [1.29, 1.82) is 0 Å². The summed E-state index contributed by atoms with van der Waals surface area (Å²) in [5.74, 6) is -2.21. The zero-order valence-corrected chi connectivity index (χ0v) is 17.9. The SMILES string of the molecule is CCOC(=O)CN(C(=O)COC(=O)c1ccc(NC(=O)c2ccco2)s1)c1ccccc1. The van der Waals surface area contributed by atoms with E-state index in [4.69, 9.17) is 13.9 Å². The van der Waals surface area contributed by atoms with Gasteiger partial charge < -0.3 is 19.2 Å². The molecule has 0 aliphatic rings. The maximum Gasteiger partial charge on any atom is 0.348 e. The number of nitrogens with one attached hydrogen (secondary N) is 1. The van der Waals surface area contributed by atoms with Crippen LogP contribution < -0.4 is 10.2 Å². The fourth-order valence-corrected chi connectivity index (χ4v) is 3.43. The van der Waals surface area contributed by atoms with Gasteiger partial charge in [0.25, 0.3) is 11.8 Å². The third kappa shape index (κ3) is 6.05. The molecule has 0 saturated heterocycles. The predicted molar refractivity (Wildman–Crippen MR) is 117 cm³/mol. The minimum atomic E-state index is -0.731. The summed E-state index contributed by atoms with van der Waals surface area (Å²) in [5, 5.41) is 3.02. The van der Waals surface area contributed by atoms with Crippen molar-refractivity contribution in [3.05, 3.63) is 71.5 Å². The molecule has 2 amide bonds. The van der Waals surface area contributed by atoms with E-state index in [-0.39, 0.29) is 23.8 Å². The number of hydrogen-bond donors (Lipinski definition) is 1. The van der Waals surface area contributed by atoms with E-state index in [1.54, 1.807) is 49.4 Å². The molecule has 10 heteroatoms. The largest absolute Gasteiger partial charge is 0.465 e. The van der Waals surface area contributed by atoms with Crippen molar-refractivity contribution in [2.75, 3.05) is 30.0 Å². The summed E-state index contributed by atoms with van der Waals surface area (Å²) < 4.78 is 15.1. The Hall–Kier alpha value is -3.92. The van der Waals surface area contributed by atoms with Crippen molar-refractivity contribution >= 4 is 45.8 Å². The minimum absolute atomic E-state index is 0.135. The van der Waals surface area contributed by atoms with E-state index < -0.39 is 30.4 Å². The van der Waals surface area contributed by atoms with Gasteiger partial charge in [0.05, 0.1) is 17.9 Å². The van der Waals surface area contributed by atoms with Crippen LogP contribution in [0.25, 0.3) is 0 Å². The third-order valence-electron chi connectivity index (χ3n) is 4.08. The van der Waals surface area contributed by atoms with Crippen LogP contribution in [0, 0.1) is 0 Å². The minimum Gasteiger partial charge on any atom is -0.465 e. The van der Waals surface area contributed by atoms with Crippen LogP contribution in [0.4, 0.5) is 10.7 Å². The number of ether oxygens (including phenoxy) is 2. The van der Waals surface area contributed by atoms with Gasteiger partial charge in [-0.25, -0.2) is 4.79 Å². The molecule has 0 spiro atoms. The number of furan rings is 1. The molecule has 1 aromatic carbocycles. The number of para-hydroxylation sites is 1. The summed E-state index contributed by atoms with van der Waals surface area (Å²) in [7, 11) is 0. The summed E-state index contributed by atoms with van der Waals surface area (Å²) in [6, 6.07) is 14.6. The lowest BCUT2D eigenvalue weighted by Crippen LogP contribution is -2.39. The number of anilines is 2. The zero-order valence-electron chi connectivity index (χ0n) is 17.1. The van der Waals surface area contributed by atoms with Crippen molar-refractivity contribution in [3.63, 3.8) is 0 Å². The van der Waals surface area contributed by atoms with E-state index >= 15 is 0 Å². The monoisotopic (exact) mass is 456 g/mol. The van der Waals surface area contributed by atoms with Gasteiger partial charge in [0.1, 0.15) is 11.4 Å². The molecule has 0 bridgehead atoms. The average Bonchev–Trinajstić information content (AvgIpc) is 3.49. The van der Waals surface area contributed by atoms with E-state index in [0.717, 1.165) is 11.3 Å². The number of benzene rings is 1. The van der Waals surface area contributed by atoms with Crippen molar-refractivity contribution < 1.29 is 33.1 Å². The van der Waals surface area contributed by atoms with Crippen LogP contribution in [0.1, 0.15) is 27.2 Å². The highest BCUT2D eigenvalue weighted by Crippen LogP contribution is 2.23. The molecule has 32 heavy (non-hydrogen) atoms. The lowest BCUT2D eigenvalue weighted by molar-refractivity contribution is -0.142. The Balaban J connectivity index is 1.59. The van der Waals surface area contributed by atoms with Crippen LogP contribution in [0.5, 0.6) is 0 Å². The highest BCUT2D eigenvalue weighted by molar-refractivity contribution is 7.18. The van der Waals surface area contributed by atoms with E-state index in [2.05, 4.69) is 5.32 Å². The fraction of sp³-hybridized carbons (Fsp3) is 0.182. The second-order valence-corrected chi connectivity index (χ2v) is 7.38. The smallest absolute Gasteiger partial charge is 0.348 e. The van der Waals surface area contributed by atoms with Gasteiger partial charge in [0, 0.05) is 5.69 Å². The summed E-state index contributed by atoms with van der Waals surface area (Å²) in [4.78, 5) is 50.3. The standard InChI is InChI=1S/C22H20N2O7S/c1-2-29-20(26)13-24(15-7-4-3-5-8-15)19(25)14-31-22(28)17-10-11-18(32-17)23-21(27)16-9-6-12-30-16/h3-12H,2,13-14H2,1H3,(H,23,27). The van der Waals surface area contributed by atoms with Crippen LogP contribution in [0.2, 0.25) is 0 Å². The molecule has 2 aromatic heterocycles. The van der Waals surface area contributed by atoms with Crippen molar-refractivity contribution in [3.8, 4) is 0 Å². The summed E-state index contributed by atoms with van der Waals surface area (Å²) in [6.45, 7) is 0.970. The van der Waals surface area contributed by atoms with Gasteiger partial charge in [0.15, 0.2) is 12.4 Å². The van der Waals surface area contributed by atoms with Gasteiger partial charge in [-0.3, -0.25) is 19.3 Å². The molecule has 3 aromatic rings. The van der Waals surface area contributed by atoms with Crippen molar-refractivity contribution in [2.24, 2.45) is 0 Å². The second kappa shape index (κ2) is 10.9. The Morgan fingerprint density at radius 1 is 1.00 bits per heavy atom. The van der Waals surface area contributed by atoms with Gasteiger partial charge >= 0.3 is 11.9 Å². The van der Waals surface area contributed by atoms with E-state index in [1.807, 2.05) is 0 Å². The zero-order chi connectivity index (χ0) is 22.9. The van der Waals surface area contributed by atoms with E-state index in [9.17, 15) is 19.2 Å². The van der Waals surface area contributed by atoms with Crippen LogP contribution >= 0.6 is 11.3 Å². The lowest BCUT2D eigenvalue weighted by atomic mass is 10.3. The first-order valence-electron chi connectivity index (χ1n) is 9.60. The second-order valence-electron chi connectivity index (χ2n) is 6.29. The first-order chi connectivity index (χ1) is 15.5. The molecular formula is C22H20N2O7S. The lowest BCUT2D eigenvalue weighted by Gasteiger charge is -2.21. The molecule has 0 atom stereocenters. The van der Waals surface area contributed by atoms with Crippen LogP contribution in [0.3, 0.4) is 0 Å². The number of rotatable bonds is 9. The molecule has 0 saturated carbocycles. The third-order valence-corrected chi connectivity index (χ3v) is 5.06. The Morgan fingerprint density at radius 3 is 2.47 bits per heavy atom. The molecule has 2 heterocycles. The number of hydrogen-bond acceptors (Lipinski definition) is 8. The Morgan fingerprint density at radius 2 is 1.78 bits per heavy atom. The number of esters is 2. The molecule has 3 rings (SSSR count). The molecular weight excluding hydrogens is 436 g/mol. The molecule has 1 N–H and O–H groups in total. The van der Waals surface area contributed by atoms with Crippen LogP contribution in [0.15, 0.2) is 65.3 Å². The quantitative estimate of drug-likeness (QED) is 0.491. The number of carbonyl (C=O) groups excluding carboxylic acids is 4. The number of thiophene rings is 1. The Kier molecular flexibility index (Phi) is 7.76. The van der Waals surface area contributed by atoms with Gasteiger partial charge in [-0.15, -0.1) is 11.3 Å². The Bertz CT molecular complexity index is 1080. The number of amides is 2. The van der Waals surface area contributed by atoms with E-state index in [1.165, 1.54) is 23.3 Å². The summed E-state index contributed by atoms with van der Waals surface area (Å²) in [5.41, 5.74) is 0.473. The predicted octanol–water partition coefficient (Wildman–Crippen LogP) is 3.35. The van der Waals surface area contributed by atoms with Crippen molar-refractivity contribution in [1.82, 2.24) is 0 Å². The fourth-order valence-electron chi connectivity index (χ4n) is 2.64. The maximum absolute atomic E-state index is 12.7. The molecule has 0 fully saturated rings. The highest BCUT2D eigenvalue weighted by atomic mass is 32.1. The van der Waals surface area contributed by atoms with Gasteiger partial charge in [-0.1, -0.05) is 18.2 Å². The Labute approximate surface area is 187 Å². The van der Waals surface area contributed by atoms with Crippen molar-refractivity contribution in [2.45, 2.75) is 6.92 Å². The van der Waals surface area contributed by atoms with Crippen LogP contribution in [-0.4, -0.2) is 43.5 Å². The van der Waals surface area contributed by atoms with E-state index in [0.29, 0.717) is 10.7 Å². The molecule has 166 valence electrons. The average molecular weight is 456 g/mol. The van der Waals surface area contributed by atoms with Gasteiger partial charge in [-0.2, -0.15) is 0 Å². The van der Waals surface area contributed by atoms with Crippen LogP contribution in [-0.2, 0) is 19.1 Å². The highest BCUT2D eigenvalue weighted by Gasteiger charge is 2.22. The topological polar surface area (TPSA) is 115 Å². The summed E-state index contributed by atoms with van der Waals surface area (Å²) in [6.07, 6.45) is 1.38. The number of carbonyl (C=O) groups is 4. The number of nitrogens with zero attached hydrogens (tertiary/aromatic N) is 1. The normalized spacial score (nSPS) is 10.3. The first kappa shape index (κ1) is 22.8. The molecule has 0 aliphatic carbocycles. The maximum atomic E-state index is 12.7. The van der Waals surface area contributed by atoms with Gasteiger partial charge in [-0.05, 0) is 43.3 Å². The summed E-state index contributed by atoms with van der Waals surface area (Å²) >= 11 is 0.993. The molecule has 0 unspecified atom stereocenters. The molecule has 9 nitrogen and oxygen atoms in total.